The number of aromatic nitrogens is 1. The smallest absolute Gasteiger partial charge is 0.236 e. The summed E-state index contributed by atoms with van der Waals surface area (Å²) in [5.74, 6) is 0. The predicted octanol–water partition coefficient (Wildman–Crippen LogP) is 2.31. The van der Waals surface area contributed by atoms with E-state index in [9.17, 15) is 8.42 Å². The fraction of sp³-hybridized carbons (Fsp3) is 0.143. The van der Waals surface area contributed by atoms with Crippen LogP contribution in [0.1, 0.15) is 5.69 Å². The molecule has 1 heterocycles. The monoisotopic (exact) mass is 283 g/mol. The van der Waals surface area contributed by atoms with Crippen LogP contribution in [0, 0.1) is 0 Å². The first-order chi connectivity index (χ1) is 5.96. The molecule has 6 heteroatoms. The zero-order valence-electron chi connectivity index (χ0n) is 6.74. The SMILES string of the molecule is CS(=O)(=O)n1ccc(Cl)c1/C=C/Br. The molecule has 0 aliphatic heterocycles. The minimum absolute atomic E-state index is 0.404. The Hall–Kier alpha value is -0.260. The quantitative estimate of drug-likeness (QED) is 0.836. The molecule has 0 atom stereocenters. The maximum Gasteiger partial charge on any atom is 0.236 e. The van der Waals surface area contributed by atoms with E-state index in [1.165, 1.54) is 12.3 Å². The molecule has 0 amide bonds. The van der Waals surface area contributed by atoms with Gasteiger partial charge in [0.2, 0.25) is 10.0 Å². The first kappa shape index (κ1) is 10.8. The van der Waals surface area contributed by atoms with Crippen molar-refractivity contribution in [1.82, 2.24) is 3.97 Å². The summed E-state index contributed by atoms with van der Waals surface area (Å²) in [7, 11) is -3.27. The Morgan fingerprint density at radius 1 is 1.62 bits per heavy atom. The largest absolute Gasteiger partial charge is 0.244 e. The van der Waals surface area contributed by atoms with Crippen LogP contribution in [-0.4, -0.2) is 18.6 Å². The van der Waals surface area contributed by atoms with Gasteiger partial charge in [-0.25, -0.2) is 12.4 Å². The van der Waals surface area contributed by atoms with Gasteiger partial charge in [0.05, 0.1) is 17.0 Å². The third-order valence-corrected chi connectivity index (χ3v) is 3.03. The normalized spacial score (nSPS) is 12.5. The second-order valence-corrected chi connectivity index (χ2v) is 5.20. The van der Waals surface area contributed by atoms with Crippen LogP contribution in [0.3, 0.4) is 0 Å². The van der Waals surface area contributed by atoms with E-state index in [2.05, 4.69) is 15.9 Å². The summed E-state index contributed by atoms with van der Waals surface area (Å²) in [4.78, 5) is 1.55. The molecule has 0 aliphatic rings. The lowest BCUT2D eigenvalue weighted by Crippen LogP contribution is -2.10. The highest BCUT2D eigenvalue weighted by molar-refractivity contribution is 9.11. The molecule has 72 valence electrons. The van der Waals surface area contributed by atoms with Gasteiger partial charge in [0.25, 0.3) is 0 Å². The fourth-order valence-electron chi connectivity index (χ4n) is 0.906. The van der Waals surface area contributed by atoms with Crippen LogP contribution < -0.4 is 0 Å². The van der Waals surface area contributed by atoms with E-state index in [4.69, 9.17) is 11.6 Å². The highest BCUT2D eigenvalue weighted by Gasteiger charge is 2.11. The van der Waals surface area contributed by atoms with E-state index in [0.29, 0.717) is 10.7 Å². The molecule has 13 heavy (non-hydrogen) atoms. The van der Waals surface area contributed by atoms with E-state index in [-0.39, 0.29) is 0 Å². The van der Waals surface area contributed by atoms with Crippen LogP contribution >= 0.6 is 27.5 Å². The highest BCUT2D eigenvalue weighted by atomic mass is 79.9. The fourth-order valence-corrected chi connectivity index (χ4v) is 2.22. The molecule has 0 bridgehead atoms. The minimum atomic E-state index is -3.27. The zero-order chi connectivity index (χ0) is 10.1. The molecule has 1 aromatic rings. The predicted molar refractivity (Wildman–Crippen MR) is 57.6 cm³/mol. The summed E-state index contributed by atoms with van der Waals surface area (Å²) in [5, 5.41) is 0.404. The van der Waals surface area contributed by atoms with E-state index >= 15 is 0 Å². The number of nitrogens with zero attached hydrogens (tertiary/aromatic N) is 1. The van der Waals surface area contributed by atoms with Crippen molar-refractivity contribution in [3.8, 4) is 0 Å². The highest BCUT2D eigenvalue weighted by Crippen LogP contribution is 2.20. The van der Waals surface area contributed by atoms with Gasteiger partial charge in [-0.2, -0.15) is 0 Å². The first-order valence-electron chi connectivity index (χ1n) is 3.31. The lowest BCUT2D eigenvalue weighted by Gasteiger charge is -2.02. The van der Waals surface area contributed by atoms with Gasteiger partial charge in [0.1, 0.15) is 0 Å². The molecular formula is C7H7BrClNO2S. The minimum Gasteiger partial charge on any atom is -0.244 e. The second kappa shape index (κ2) is 3.86. The molecule has 0 unspecified atom stereocenters. The second-order valence-electron chi connectivity index (χ2n) is 2.40. The van der Waals surface area contributed by atoms with Crippen molar-refractivity contribution in [3.63, 3.8) is 0 Å². The standard InChI is InChI=1S/C7H7BrClNO2S/c1-13(11,12)10-5-3-6(9)7(10)2-4-8/h2-5H,1H3/b4-2+. The van der Waals surface area contributed by atoms with Gasteiger partial charge < -0.3 is 0 Å². The van der Waals surface area contributed by atoms with Gasteiger partial charge in [-0.15, -0.1) is 0 Å². The summed E-state index contributed by atoms with van der Waals surface area (Å²) < 4.78 is 23.5. The summed E-state index contributed by atoms with van der Waals surface area (Å²) in [5.41, 5.74) is 0.445. The summed E-state index contributed by atoms with van der Waals surface area (Å²) in [6, 6.07) is 1.53. The van der Waals surface area contributed by atoms with Crippen LogP contribution in [0.5, 0.6) is 0 Å². The molecule has 0 saturated carbocycles. The summed E-state index contributed by atoms with van der Waals surface area (Å²) in [6.07, 6.45) is 4.11. The average Bonchev–Trinajstić information content (AvgIpc) is 2.32. The number of rotatable bonds is 2. The molecular weight excluding hydrogens is 278 g/mol. The van der Waals surface area contributed by atoms with Crippen molar-refractivity contribution in [2.75, 3.05) is 6.26 Å². The Kier molecular flexibility index (Phi) is 3.21. The lowest BCUT2D eigenvalue weighted by molar-refractivity contribution is 0.593. The number of halogens is 2. The van der Waals surface area contributed by atoms with Gasteiger partial charge in [-0.3, -0.25) is 0 Å². The molecule has 0 aromatic carbocycles. The third kappa shape index (κ3) is 2.36. The average molecular weight is 285 g/mol. The number of hydrogen-bond donors (Lipinski definition) is 0. The Bertz CT molecular complexity index is 435. The third-order valence-electron chi connectivity index (χ3n) is 1.42. The Labute approximate surface area is 90.2 Å². The van der Waals surface area contributed by atoms with Crippen molar-refractivity contribution >= 4 is 43.6 Å². The van der Waals surface area contributed by atoms with Crippen LogP contribution in [0.15, 0.2) is 17.2 Å². The van der Waals surface area contributed by atoms with Crippen molar-refractivity contribution in [2.24, 2.45) is 0 Å². The van der Waals surface area contributed by atoms with Gasteiger partial charge in [-0.05, 0) is 17.1 Å². The Morgan fingerprint density at radius 2 is 2.23 bits per heavy atom. The molecule has 0 spiro atoms. The lowest BCUT2D eigenvalue weighted by atomic mass is 10.4. The molecule has 0 radical (unpaired) electrons. The van der Waals surface area contributed by atoms with Crippen molar-refractivity contribution in [2.45, 2.75) is 0 Å². The first-order valence-corrected chi connectivity index (χ1v) is 6.45. The van der Waals surface area contributed by atoms with Gasteiger partial charge >= 0.3 is 0 Å². The van der Waals surface area contributed by atoms with Crippen LogP contribution in [0.4, 0.5) is 0 Å². The summed E-state index contributed by atoms with van der Waals surface area (Å²) >= 11 is 8.83. The van der Waals surface area contributed by atoms with Crippen molar-refractivity contribution < 1.29 is 8.42 Å². The number of hydrogen-bond acceptors (Lipinski definition) is 2. The molecule has 1 aromatic heterocycles. The van der Waals surface area contributed by atoms with Crippen LogP contribution in [-0.2, 0) is 10.0 Å². The van der Waals surface area contributed by atoms with E-state index in [0.717, 1.165) is 10.2 Å². The molecule has 3 nitrogen and oxygen atoms in total. The van der Waals surface area contributed by atoms with Gasteiger partial charge in [0.15, 0.2) is 0 Å². The van der Waals surface area contributed by atoms with Gasteiger partial charge in [-0.1, -0.05) is 27.5 Å². The molecule has 1 rings (SSSR count). The van der Waals surface area contributed by atoms with Crippen LogP contribution in [0.2, 0.25) is 5.02 Å². The van der Waals surface area contributed by atoms with Crippen molar-refractivity contribution in [3.05, 3.63) is 28.0 Å². The van der Waals surface area contributed by atoms with E-state index in [1.807, 2.05) is 0 Å². The Morgan fingerprint density at radius 3 is 2.69 bits per heavy atom. The molecule has 0 aliphatic carbocycles. The molecule has 0 fully saturated rings. The molecule has 0 saturated heterocycles. The van der Waals surface area contributed by atoms with Crippen LogP contribution in [0.25, 0.3) is 6.08 Å². The topological polar surface area (TPSA) is 39.1 Å². The van der Waals surface area contributed by atoms with E-state index < -0.39 is 10.0 Å². The molecule has 0 N–H and O–H groups in total. The van der Waals surface area contributed by atoms with E-state index in [1.54, 1.807) is 11.1 Å². The maximum atomic E-state index is 11.2. The van der Waals surface area contributed by atoms with Gasteiger partial charge in [0, 0.05) is 6.20 Å². The Balaban J connectivity index is 3.40. The summed E-state index contributed by atoms with van der Waals surface area (Å²) in [6.45, 7) is 0. The van der Waals surface area contributed by atoms with Crippen molar-refractivity contribution in [1.29, 1.82) is 0 Å². The zero-order valence-corrected chi connectivity index (χ0v) is 9.90. The maximum absolute atomic E-state index is 11.2.